The van der Waals surface area contributed by atoms with E-state index < -0.39 is 6.10 Å². The molecule has 0 unspecified atom stereocenters. The lowest BCUT2D eigenvalue weighted by atomic mass is 10.1. The summed E-state index contributed by atoms with van der Waals surface area (Å²) in [6, 6.07) is 21.4. The van der Waals surface area contributed by atoms with Gasteiger partial charge in [-0.3, -0.25) is 9.59 Å². The molecule has 7 nitrogen and oxygen atoms in total. The van der Waals surface area contributed by atoms with Crippen molar-refractivity contribution in [3.8, 4) is 5.75 Å². The van der Waals surface area contributed by atoms with Crippen molar-refractivity contribution in [2.24, 2.45) is 5.10 Å². The number of hydrogen-bond acceptors (Lipinski definition) is 5. The molecular weight excluding hydrogens is 413 g/mol. The summed E-state index contributed by atoms with van der Waals surface area (Å²) < 4.78 is 23.6. The van der Waals surface area contributed by atoms with Crippen molar-refractivity contribution in [1.82, 2.24) is 5.43 Å². The smallest absolute Gasteiger partial charge is 0.273 e. The monoisotopic (exact) mass is 435 g/mol. The molecule has 0 saturated carbocycles. The van der Waals surface area contributed by atoms with Crippen LogP contribution in [0.5, 0.6) is 5.75 Å². The molecule has 0 aliphatic rings. The molecule has 2 amide bonds. The Bertz CT molecular complexity index is 1050. The number of rotatable bonds is 9. The Morgan fingerprint density at radius 2 is 1.69 bits per heavy atom. The van der Waals surface area contributed by atoms with Gasteiger partial charge >= 0.3 is 0 Å². The standard InChI is InChI=1S/C24H22FN3O4/c1-31-23(18-5-3-2-4-6-18)24(30)28-26-15-17-7-13-21(14-8-17)32-16-22(29)27-20-11-9-19(25)10-12-20/h2-15,23H,16H2,1H3,(H,27,29)(H,28,30)/b26-15-/t23-/m0/s1. The molecule has 0 aromatic heterocycles. The van der Waals surface area contributed by atoms with Crippen LogP contribution in [0.25, 0.3) is 0 Å². The van der Waals surface area contributed by atoms with Crippen LogP contribution in [-0.4, -0.2) is 31.7 Å². The van der Waals surface area contributed by atoms with Gasteiger partial charge in [0.2, 0.25) is 0 Å². The van der Waals surface area contributed by atoms with E-state index in [-0.39, 0.29) is 24.2 Å². The van der Waals surface area contributed by atoms with Crippen LogP contribution in [0.3, 0.4) is 0 Å². The molecule has 164 valence electrons. The van der Waals surface area contributed by atoms with E-state index in [0.29, 0.717) is 11.4 Å². The zero-order chi connectivity index (χ0) is 22.8. The molecule has 8 heteroatoms. The van der Waals surface area contributed by atoms with Gasteiger partial charge in [0.05, 0.1) is 6.21 Å². The molecule has 0 bridgehead atoms. The Balaban J connectivity index is 1.46. The minimum absolute atomic E-state index is 0.196. The largest absolute Gasteiger partial charge is 0.484 e. The van der Waals surface area contributed by atoms with Gasteiger partial charge in [-0.2, -0.15) is 5.10 Å². The van der Waals surface area contributed by atoms with Gasteiger partial charge in [0.1, 0.15) is 11.6 Å². The summed E-state index contributed by atoms with van der Waals surface area (Å²) in [4.78, 5) is 24.2. The molecule has 3 aromatic carbocycles. The number of carbonyl (C=O) groups excluding carboxylic acids is 2. The van der Waals surface area contributed by atoms with Gasteiger partial charge in [-0.1, -0.05) is 30.3 Å². The van der Waals surface area contributed by atoms with E-state index >= 15 is 0 Å². The van der Waals surface area contributed by atoms with Gasteiger partial charge in [0.25, 0.3) is 11.8 Å². The highest BCUT2D eigenvalue weighted by Crippen LogP contribution is 2.16. The second-order valence-electron chi connectivity index (χ2n) is 6.67. The number of benzene rings is 3. The number of hydrazone groups is 1. The Kier molecular flexibility index (Phi) is 8.05. The Morgan fingerprint density at radius 3 is 2.34 bits per heavy atom. The molecule has 0 aliphatic carbocycles. The Morgan fingerprint density at radius 1 is 1.00 bits per heavy atom. The van der Waals surface area contributed by atoms with Gasteiger partial charge in [-0.05, 0) is 59.7 Å². The Hall–Kier alpha value is -4.04. The summed E-state index contributed by atoms with van der Waals surface area (Å²) in [5, 5.41) is 6.57. The fourth-order valence-corrected chi connectivity index (χ4v) is 2.78. The lowest BCUT2D eigenvalue weighted by Gasteiger charge is -2.13. The highest BCUT2D eigenvalue weighted by atomic mass is 19.1. The first-order valence-electron chi connectivity index (χ1n) is 9.74. The molecule has 32 heavy (non-hydrogen) atoms. The highest BCUT2D eigenvalue weighted by Gasteiger charge is 2.19. The molecule has 1 atom stereocenters. The zero-order valence-electron chi connectivity index (χ0n) is 17.3. The maximum Gasteiger partial charge on any atom is 0.273 e. The predicted molar refractivity (Wildman–Crippen MR) is 119 cm³/mol. The van der Waals surface area contributed by atoms with Crippen molar-refractivity contribution in [2.75, 3.05) is 19.0 Å². The Labute approximate surface area is 184 Å². The molecule has 3 aromatic rings. The van der Waals surface area contributed by atoms with Crippen LogP contribution in [0.4, 0.5) is 10.1 Å². The molecule has 0 saturated heterocycles. The molecule has 0 heterocycles. The first kappa shape index (κ1) is 22.6. The minimum Gasteiger partial charge on any atom is -0.484 e. The quantitative estimate of drug-likeness (QED) is 0.396. The topological polar surface area (TPSA) is 89.0 Å². The lowest BCUT2D eigenvalue weighted by molar-refractivity contribution is -0.131. The molecule has 2 N–H and O–H groups in total. The fraction of sp³-hybridized carbons (Fsp3) is 0.125. The van der Waals surface area contributed by atoms with E-state index in [9.17, 15) is 14.0 Å². The maximum absolute atomic E-state index is 12.9. The van der Waals surface area contributed by atoms with Crippen molar-refractivity contribution < 1.29 is 23.5 Å². The lowest BCUT2D eigenvalue weighted by Crippen LogP contribution is -2.26. The summed E-state index contributed by atoms with van der Waals surface area (Å²) in [6.07, 6.45) is 0.728. The number of hydrogen-bond donors (Lipinski definition) is 2. The van der Waals surface area contributed by atoms with Crippen molar-refractivity contribution >= 4 is 23.7 Å². The highest BCUT2D eigenvalue weighted by molar-refractivity contribution is 5.91. The molecule has 0 fully saturated rings. The summed E-state index contributed by atoms with van der Waals surface area (Å²) >= 11 is 0. The van der Waals surface area contributed by atoms with E-state index in [4.69, 9.17) is 9.47 Å². The average molecular weight is 435 g/mol. The second kappa shape index (κ2) is 11.4. The van der Waals surface area contributed by atoms with Gasteiger partial charge < -0.3 is 14.8 Å². The number of methoxy groups -OCH3 is 1. The van der Waals surface area contributed by atoms with Crippen LogP contribution in [0.1, 0.15) is 17.2 Å². The number of ether oxygens (including phenoxy) is 2. The summed E-state index contributed by atoms with van der Waals surface area (Å²) in [5.74, 6) is -0.640. The van der Waals surface area contributed by atoms with Crippen LogP contribution in [0.2, 0.25) is 0 Å². The number of nitrogens with zero attached hydrogens (tertiary/aromatic N) is 1. The van der Waals surface area contributed by atoms with Gasteiger partial charge in [-0.15, -0.1) is 0 Å². The third kappa shape index (κ3) is 6.75. The van der Waals surface area contributed by atoms with Crippen LogP contribution in [0, 0.1) is 5.82 Å². The van der Waals surface area contributed by atoms with Crippen LogP contribution < -0.4 is 15.5 Å². The predicted octanol–water partition coefficient (Wildman–Crippen LogP) is 3.68. The van der Waals surface area contributed by atoms with E-state index in [2.05, 4.69) is 15.8 Å². The van der Waals surface area contributed by atoms with Crippen molar-refractivity contribution in [2.45, 2.75) is 6.10 Å². The van der Waals surface area contributed by atoms with E-state index in [1.807, 2.05) is 18.2 Å². The van der Waals surface area contributed by atoms with Crippen molar-refractivity contribution in [1.29, 1.82) is 0 Å². The van der Waals surface area contributed by atoms with E-state index in [0.717, 1.165) is 11.1 Å². The number of anilines is 1. The van der Waals surface area contributed by atoms with E-state index in [1.165, 1.54) is 37.6 Å². The fourth-order valence-electron chi connectivity index (χ4n) is 2.78. The second-order valence-corrected chi connectivity index (χ2v) is 6.67. The SMILES string of the molecule is CO[C@H](C(=O)N/N=C\c1ccc(OCC(=O)Nc2ccc(F)cc2)cc1)c1ccccc1. The summed E-state index contributed by atoms with van der Waals surface area (Å²) in [5.41, 5.74) is 4.40. The maximum atomic E-state index is 12.9. The normalized spacial score (nSPS) is 11.7. The van der Waals surface area contributed by atoms with Crippen LogP contribution in [0.15, 0.2) is 84.0 Å². The van der Waals surface area contributed by atoms with Gasteiger partial charge in [0, 0.05) is 12.8 Å². The first-order valence-corrected chi connectivity index (χ1v) is 9.74. The van der Waals surface area contributed by atoms with Crippen molar-refractivity contribution in [3.63, 3.8) is 0 Å². The summed E-state index contributed by atoms with van der Waals surface area (Å²) in [6.45, 7) is -0.196. The minimum atomic E-state index is -0.759. The zero-order valence-corrected chi connectivity index (χ0v) is 17.3. The number of nitrogens with one attached hydrogen (secondary N) is 2. The molecule has 0 spiro atoms. The van der Waals surface area contributed by atoms with Gasteiger partial charge in [0.15, 0.2) is 12.7 Å². The molecule has 0 aliphatic heterocycles. The first-order chi connectivity index (χ1) is 15.5. The molecular formula is C24H22FN3O4. The molecule has 3 rings (SSSR count). The number of halogens is 1. The third-order valence-corrected chi connectivity index (χ3v) is 4.34. The molecule has 0 radical (unpaired) electrons. The summed E-state index contributed by atoms with van der Waals surface area (Å²) in [7, 11) is 1.46. The van der Waals surface area contributed by atoms with Crippen LogP contribution >= 0.6 is 0 Å². The third-order valence-electron chi connectivity index (χ3n) is 4.34. The van der Waals surface area contributed by atoms with Gasteiger partial charge in [-0.25, -0.2) is 9.82 Å². The van der Waals surface area contributed by atoms with Crippen molar-refractivity contribution in [3.05, 3.63) is 95.8 Å². The number of amides is 2. The number of carbonyl (C=O) groups is 2. The van der Waals surface area contributed by atoms with E-state index in [1.54, 1.807) is 36.4 Å². The van der Waals surface area contributed by atoms with Crippen LogP contribution in [-0.2, 0) is 14.3 Å². The average Bonchev–Trinajstić information content (AvgIpc) is 2.81.